The SMILES string of the molecule is Cc1cc(-c2cnc(N3CCCC(C)C3)nc2C2CCN(c3ncccn3)CC2)on1. The van der Waals surface area contributed by atoms with Crippen molar-refractivity contribution in [3.63, 3.8) is 0 Å². The van der Waals surface area contributed by atoms with Gasteiger partial charge in [0.15, 0.2) is 5.76 Å². The standard InChI is InChI=1S/C23H29N7O/c1-16-5-3-10-30(15-16)23-26-14-19(20-13-17(2)28-31-20)21(27-23)18-6-11-29(12-7-18)22-24-8-4-9-25-22/h4,8-9,13-14,16,18H,3,5-7,10-12,15H2,1-2H3. The zero-order valence-corrected chi connectivity index (χ0v) is 18.2. The maximum absolute atomic E-state index is 5.60. The normalized spacial score (nSPS) is 20.3. The zero-order valence-electron chi connectivity index (χ0n) is 18.2. The molecule has 162 valence electrons. The second-order valence-electron chi connectivity index (χ2n) is 8.80. The third-order valence-electron chi connectivity index (χ3n) is 6.36. The van der Waals surface area contributed by atoms with Gasteiger partial charge in [-0.15, -0.1) is 0 Å². The maximum Gasteiger partial charge on any atom is 0.225 e. The van der Waals surface area contributed by atoms with Crippen molar-refractivity contribution in [1.29, 1.82) is 0 Å². The first-order valence-electron chi connectivity index (χ1n) is 11.2. The van der Waals surface area contributed by atoms with E-state index in [2.05, 4.69) is 31.8 Å². The van der Waals surface area contributed by atoms with Gasteiger partial charge in [0.1, 0.15) is 0 Å². The average Bonchev–Trinajstić information content (AvgIpc) is 3.25. The van der Waals surface area contributed by atoms with Gasteiger partial charge in [0.25, 0.3) is 0 Å². The Hall–Kier alpha value is -3.03. The monoisotopic (exact) mass is 419 g/mol. The number of hydrogen-bond donors (Lipinski definition) is 0. The highest BCUT2D eigenvalue weighted by atomic mass is 16.5. The highest BCUT2D eigenvalue weighted by Crippen LogP contribution is 2.36. The molecule has 0 amide bonds. The summed E-state index contributed by atoms with van der Waals surface area (Å²) in [5, 5.41) is 4.09. The molecule has 1 atom stereocenters. The third kappa shape index (κ3) is 4.24. The molecule has 31 heavy (non-hydrogen) atoms. The van der Waals surface area contributed by atoms with Gasteiger partial charge in [-0.1, -0.05) is 12.1 Å². The Morgan fingerprint density at radius 1 is 0.968 bits per heavy atom. The predicted octanol–water partition coefficient (Wildman–Crippen LogP) is 3.85. The van der Waals surface area contributed by atoms with Gasteiger partial charge < -0.3 is 14.3 Å². The van der Waals surface area contributed by atoms with Crippen LogP contribution in [-0.4, -0.2) is 51.3 Å². The molecule has 3 aromatic rings. The molecule has 2 aliphatic heterocycles. The largest absolute Gasteiger partial charge is 0.356 e. The molecule has 2 aliphatic rings. The summed E-state index contributed by atoms with van der Waals surface area (Å²) >= 11 is 0. The van der Waals surface area contributed by atoms with Crippen LogP contribution < -0.4 is 9.80 Å². The van der Waals surface area contributed by atoms with Gasteiger partial charge in [-0.2, -0.15) is 0 Å². The Morgan fingerprint density at radius 3 is 2.48 bits per heavy atom. The van der Waals surface area contributed by atoms with Crippen LogP contribution in [0.3, 0.4) is 0 Å². The molecule has 2 fully saturated rings. The summed E-state index contributed by atoms with van der Waals surface area (Å²) in [5.41, 5.74) is 2.91. The third-order valence-corrected chi connectivity index (χ3v) is 6.36. The van der Waals surface area contributed by atoms with Crippen LogP contribution in [0.15, 0.2) is 35.2 Å². The van der Waals surface area contributed by atoms with Crippen molar-refractivity contribution < 1.29 is 4.52 Å². The van der Waals surface area contributed by atoms with Crippen molar-refractivity contribution in [1.82, 2.24) is 25.1 Å². The average molecular weight is 420 g/mol. The lowest BCUT2D eigenvalue weighted by molar-refractivity contribution is 0.423. The van der Waals surface area contributed by atoms with Gasteiger partial charge in [0, 0.05) is 56.8 Å². The van der Waals surface area contributed by atoms with Gasteiger partial charge in [-0.05, 0) is 44.6 Å². The Labute approximate surface area is 182 Å². The van der Waals surface area contributed by atoms with E-state index < -0.39 is 0 Å². The Bertz CT molecular complexity index is 1010. The number of hydrogen-bond acceptors (Lipinski definition) is 8. The van der Waals surface area contributed by atoms with E-state index in [1.165, 1.54) is 12.8 Å². The van der Waals surface area contributed by atoms with Crippen LogP contribution >= 0.6 is 0 Å². The van der Waals surface area contributed by atoms with Crippen LogP contribution in [0, 0.1) is 12.8 Å². The van der Waals surface area contributed by atoms with Crippen molar-refractivity contribution in [2.24, 2.45) is 5.92 Å². The van der Waals surface area contributed by atoms with Crippen LogP contribution in [0.25, 0.3) is 11.3 Å². The highest BCUT2D eigenvalue weighted by molar-refractivity contribution is 5.61. The molecular weight excluding hydrogens is 390 g/mol. The molecule has 0 saturated carbocycles. The van der Waals surface area contributed by atoms with Crippen LogP contribution in [0.4, 0.5) is 11.9 Å². The van der Waals surface area contributed by atoms with E-state index in [0.717, 1.165) is 73.6 Å². The summed E-state index contributed by atoms with van der Waals surface area (Å²) < 4.78 is 5.60. The molecule has 5 rings (SSSR count). The van der Waals surface area contributed by atoms with E-state index in [1.807, 2.05) is 25.3 Å². The van der Waals surface area contributed by atoms with Crippen molar-refractivity contribution >= 4 is 11.9 Å². The van der Waals surface area contributed by atoms with Crippen molar-refractivity contribution in [2.75, 3.05) is 36.0 Å². The molecule has 3 aromatic heterocycles. The summed E-state index contributed by atoms with van der Waals surface area (Å²) in [5.74, 6) is 3.41. The Balaban J connectivity index is 1.43. The Morgan fingerprint density at radius 2 is 1.77 bits per heavy atom. The van der Waals surface area contributed by atoms with Gasteiger partial charge in [-0.25, -0.2) is 19.9 Å². The maximum atomic E-state index is 5.60. The van der Waals surface area contributed by atoms with Crippen LogP contribution in [0.5, 0.6) is 0 Å². The lowest BCUT2D eigenvalue weighted by Crippen LogP contribution is -2.36. The minimum Gasteiger partial charge on any atom is -0.356 e. The predicted molar refractivity (Wildman–Crippen MR) is 119 cm³/mol. The summed E-state index contributed by atoms with van der Waals surface area (Å²) in [4.78, 5) is 23.3. The van der Waals surface area contributed by atoms with E-state index >= 15 is 0 Å². The van der Waals surface area contributed by atoms with Gasteiger partial charge in [0.2, 0.25) is 11.9 Å². The van der Waals surface area contributed by atoms with Gasteiger partial charge in [-0.3, -0.25) is 0 Å². The fraction of sp³-hybridized carbons (Fsp3) is 0.522. The smallest absolute Gasteiger partial charge is 0.225 e. The molecule has 8 nitrogen and oxygen atoms in total. The quantitative estimate of drug-likeness (QED) is 0.630. The van der Waals surface area contributed by atoms with Gasteiger partial charge in [0.05, 0.1) is 17.0 Å². The molecule has 0 aromatic carbocycles. The van der Waals surface area contributed by atoms with Crippen LogP contribution in [0.1, 0.15) is 49.9 Å². The van der Waals surface area contributed by atoms with E-state index in [0.29, 0.717) is 11.8 Å². The highest BCUT2D eigenvalue weighted by Gasteiger charge is 2.28. The van der Waals surface area contributed by atoms with Crippen LogP contribution in [0.2, 0.25) is 0 Å². The molecule has 1 unspecified atom stereocenters. The summed E-state index contributed by atoms with van der Waals surface area (Å²) in [6.07, 6.45) is 9.99. The number of piperidine rings is 2. The van der Waals surface area contributed by atoms with E-state index in [9.17, 15) is 0 Å². The first kappa shape index (κ1) is 19.9. The first-order valence-corrected chi connectivity index (χ1v) is 11.2. The lowest BCUT2D eigenvalue weighted by Gasteiger charge is -2.34. The molecule has 0 bridgehead atoms. The van der Waals surface area contributed by atoms with Crippen molar-refractivity contribution in [3.05, 3.63) is 42.1 Å². The number of rotatable bonds is 4. The second-order valence-corrected chi connectivity index (χ2v) is 8.80. The zero-order chi connectivity index (χ0) is 21.2. The molecule has 0 aliphatic carbocycles. The van der Waals surface area contributed by atoms with E-state index in [-0.39, 0.29) is 0 Å². The summed E-state index contributed by atoms with van der Waals surface area (Å²) in [6, 6.07) is 3.82. The fourth-order valence-corrected chi connectivity index (χ4v) is 4.71. The van der Waals surface area contributed by atoms with Crippen LogP contribution in [-0.2, 0) is 0 Å². The van der Waals surface area contributed by atoms with E-state index in [1.54, 1.807) is 12.4 Å². The number of anilines is 2. The molecule has 5 heterocycles. The first-order chi connectivity index (χ1) is 15.2. The van der Waals surface area contributed by atoms with E-state index in [4.69, 9.17) is 14.5 Å². The molecule has 2 saturated heterocycles. The number of aromatic nitrogens is 5. The summed E-state index contributed by atoms with van der Waals surface area (Å²) in [7, 11) is 0. The molecule has 0 N–H and O–H groups in total. The number of nitrogens with zero attached hydrogens (tertiary/aromatic N) is 7. The molecule has 0 spiro atoms. The summed E-state index contributed by atoms with van der Waals surface area (Å²) in [6.45, 7) is 8.10. The lowest BCUT2D eigenvalue weighted by atomic mass is 9.90. The minimum absolute atomic E-state index is 0.337. The van der Waals surface area contributed by atoms with Gasteiger partial charge >= 0.3 is 0 Å². The number of aryl methyl sites for hydroxylation is 1. The molecule has 0 radical (unpaired) electrons. The van der Waals surface area contributed by atoms with Crippen molar-refractivity contribution in [2.45, 2.75) is 45.4 Å². The Kier molecular flexibility index (Phi) is 5.53. The van der Waals surface area contributed by atoms with Crippen molar-refractivity contribution in [3.8, 4) is 11.3 Å². The molecule has 8 heteroatoms. The molecular formula is C23H29N7O. The second kappa shape index (κ2) is 8.61. The minimum atomic E-state index is 0.337. The topological polar surface area (TPSA) is 84.1 Å². The fourth-order valence-electron chi connectivity index (χ4n) is 4.71.